The maximum Gasteiger partial charge on any atom is 0.259 e. The van der Waals surface area contributed by atoms with Gasteiger partial charge in [-0.25, -0.2) is 4.98 Å². The molecule has 9 heteroatoms. The van der Waals surface area contributed by atoms with Crippen LogP contribution in [0, 0.1) is 5.92 Å². The first-order valence-electron chi connectivity index (χ1n) is 11.8. The molecule has 0 spiro atoms. The van der Waals surface area contributed by atoms with E-state index in [1.807, 2.05) is 24.3 Å². The summed E-state index contributed by atoms with van der Waals surface area (Å²) >= 11 is 3.25. The van der Waals surface area contributed by atoms with Gasteiger partial charge in [0.15, 0.2) is 11.0 Å². The van der Waals surface area contributed by atoms with E-state index in [0.29, 0.717) is 17.5 Å². The summed E-state index contributed by atoms with van der Waals surface area (Å²) in [5, 5.41) is 10.6. The number of ether oxygens (including phenoxy) is 1. The minimum absolute atomic E-state index is 0.0148. The molecule has 1 N–H and O–H groups in total. The van der Waals surface area contributed by atoms with E-state index in [0.717, 1.165) is 71.2 Å². The van der Waals surface area contributed by atoms with Crippen LogP contribution in [0.15, 0.2) is 34.2 Å². The average Bonchev–Trinajstić information content (AvgIpc) is 3.42. The summed E-state index contributed by atoms with van der Waals surface area (Å²) in [5.41, 5.74) is 2.20. The summed E-state index contributed by atoms with van der Waals surface area (Å²) in [4.78, 5) is 23.0. The molecule has 3 heterocycles. The van der Waals surface area contributed by atoms with Gasteiger partial charge in [-0.15, -0.1) is 21.5 Å². The van der Waals surface area contributed by atoms with Crippen LogP contribution in [-0.2, 0) is 25.1 Å². The SMILES string of the molecule is CCCCn1c(SCc2nc3sc4c(c3c(=O)[nH]2)CCC(C)C4)nnc1-c1ccc(OC)cc1. The van der Waals surface area contributed by atoms with Gasteiger partial charge < -0.3 is 14.3 Å². The third kappa shape index (κ3) is 4.51. The number of hydrogen-bond donors (Lipinski definition) is 1. The van der Waals surface area contributed by atoms with Gasteiger partial charge in [0.25, 0.3) is 5.56 Å². The molecule has 0 radical (unpaired) electrons. The molecule has 0 bridgehead atoms. The highest BCUT2D eigenvalue weighted by Crippen LogP contribution is 2.36. The van der Waals surface area contributed by atoms with Crippen molar-refractivity contribution >= 4 is 33.3 Å². The second kappa shape index (κ2) is 9.92. The maximum atomic E-state index is 12.9. The molecule has 0 amide bonds. The van der Waals surface area contributed by atoms with Crippen LogP contribution < -0.4 is 10.3 Å². The van der Waals surface area contributed by atoms with Crippen molar-refractivity contribution in [3.05, 3.63) is 50.9 Å². The van der Waals surface area contributed by atoms with Crippen LogP contribution in [0.1, 0.15) is 49.4 Å². The lowest BCUT2D eigenvalue weighted by atomic mass is 9.89. The normalized spacial score (nSPS) is 15.6. The van der Waals surface area contributed by atoms with Crippen molar-refractivity contribution in [1.29, 1.82) is 0 Å². The first kappa shape index (κ1) is 23.1. The number of methoxy groups -OCH3 is 1. The van der Waals surface area contributed by atoms with Gasteiger partial charge in [0.1, 0.15) is 16.4 Å². The van der Waals surface area contributed by atoms with Crippen molar-refractivity contribution in [3.63, 3.8) is 0 Å². The number of thioether (sulfide) groups is 1. The Balaban J connectivity index is 1.41. The lowest BCUT2D eigenvalue weighted by Crippen LogP contribution is -2.14. The zero-order chi connectivity index (χ0) is 23.7. The Morgan fingerprint density at radius 3 is 2.85 bits per heavy atom. The largest absolute Gasteiger partial charge is 0.497 e. The molecular formula is C25H29N5O2S2. The summed E-state index contributed by atoms with van der Waals surface area (Å²) in [5.74, 6) is 3.55. The van der Waals surface area contributed by atoms with E-state index in [2.05, 4.69) is 33.6 Å². The number of fused-ring (bicyclic) bond motifs is 3. The number of aromatic nitrogens is 5. The van der Waals surface area contributed by atoms with Gasteiger partial charge >= 0.3 is 0 Å². The highest BCUT2D eigenvalue weighted by atomic mass is 32.2. The summed E-state index contributed by atoms with van der Waals surface area (Å²) in [6.07, 6.45) is 5.28. The molecule has 3 aromatic heterocycles. The Labute approximate surface area is 207 Å². The Hall–Kier alpha value is -2.65. The van der Waals surface area contributed by atoms with Crippen molar-refractivity contribution in [2.45, 2.75) is 63.4 Å². The molecule has 1 aromatic carbocycles. The smallest absolute Gasteiger partial charge is 0.259 e. The number of aromatic amines is 1. The summed E-state index contributed by atoms with van der Waals surface area (Å²) < 4.78 is 7.45. The van der Waals surface area contributed by atoms with Gasteiger partial charge in [-0.05, 0) is 61.4 Å². The van der Waals surface area contributed by atoms with E-state index in [1.165, 1.54) is 10.4 Å². The number of aryl methyl sites for hydroxylation is 1. The first-order chi connectivity index (χ1) is 16.6. The number of rotatable bonds is 8. The summed E-state index contributed by atoms with van der Waals surface area (Å²) in [6.45, 7) is 5.30. The predicted molar refractivity (Wildman–Crippen MR) is 138 cm³/mol. The molecule has 1 atom stereocenters. The molecule has 0 saturated heterocycles. The fraction of sp³-hybridized carbons (Fsp3) is 0.440. The van der Waals surface area contributed by atoms with Crippen LogP contribution >= 0.6 is 23.1 Å². The molecule has 1 unspecified atom stereocenters. The van der Waals surface area contributed by atoms with Crippen molar-refractivity contribution in [2.24, 2.45) is 5.92 Å². The Kier molecular flexibility index (Phi) is 6.74. The fourth-order valence-electron chi connectivity index (χ4n) is 4.46. The zero-order valence-electron chi connectivity index (χ0n) is 19.8. The zero-order valence-corrected chi connectivity index (χ0v) is 21.4. The second-order valence-electron chi connectivity index (χ2n) is 8.87. The minimum atomic E-state index is -0.0148. The number of nitrogens with one attached hydrogen (secondary N) is 1. The average molecular weight is 496 g/mol. The van der Waals surface area contributed by atoms with Gasteiger partial charge in [0.05, 0.1) is 18.2 Å². The van der Waals surface area contributed by atoms with Crippen molar-refractivity contribution in [2.75, 3.05) is 7.11 Å². The van der Waals surface area contributed by atoms with E-state index in [9.17, 15) is 4.79 Å². The number of H-pyrrole nitrogens is 1. The number of unbranched alkanes of at least 4 members (excludes halogenated alkanes) is 1. The number of hydrogen-bond acceptors (Lipinski definition) is 7. The van der Waals surface area contributed by atoms with E-state index < -0.39 is 0 Å². The van der Waals surface area contributed by atoms with Gasteiger partial charge in [-0.3, -0.25) is 4.79 Å². The summed E-state index contributed by atoms with van der Waals surface area (Å²) in [7, 11) is 1.66. The molecule has 34 heavy (non-hydrogen) atoms. The van der Waals surface area contributed by atoms with Crippen molar-refractivity contribution < 1.29 is 4.74 Å². The summed E-state index contributed by atoms with van der Waals surface area (Å²) in [6, 6.07) is 7.89. The van der Waals surface area contributed by atoms with Gasteiger partial charge in [-0.1, -0.05) is 32.0 Å². The maximum absolute atomic E-state index is 12.9. The molecule has 0 fully saturated rings. The van der Waals surface area contributed by atoms with Crippen LogP contribution in [0.4, 0.5) is 0 Å². The molecular weight excluding hydrogens is 466 g/mol. The molecule has 1 aliphatic rings. The molecule has 1 aliphatic carbocycles. The van der Waals surface area contributed by atoms with Crippen molar-refractivity contribution in [1.82, 2.24) is 24.7 Å². The Morgan fingerprint density at radius 2 is 2.09 bits per heavy atom. The molecule has 7 nitrogen and oxygen atoms in total. The van der Waals surface area contributed by atoms with Crippen LogP contribution in [0.2, 0.25) is 0 Å². The van der Waals surface area contributed by atoms with Crippen LogP contribution in [-0.4, -0.2) is 31.8 Å². The Morgan fingerprint density at radius 1 is 1.26 bits per heavy atom. The monoisotopic (exact) mass is 495 g/mol. The topological polar surface area (TPSA) is 85.7 Å². The number of nitrogens with zero attached hydrogens (tertiary/aromatic N) is 4. The lowest BCUT2D eigenvalue weighted by molar-refractivity contribution is 0.415. The minimum Gasteiger partial charge on any atom is -0.497 e. The highest BCUT2D eigenvalue weighted by molar-refractivity contribution is 7.98. The first-order valence-corrected chi connectivity index (χ1v) is 13.6. The molecule has 0 saturated carbocycles. The standard InChI is InChI=1S/C25H29N5O2S2/c1-4-5-12-30-22(16-7-9-17(32-3)10-8-16)28-29-25(30)33-14-20-26-23(31)21-18-11-6-15(2)13-19(18)34-24(21)27-20/h7-10,15H,4-6,11-14H2,1-3H3,(H,26,27,31). The molecule has 178 valence electrons. The van der Waals surface area contributed by atoms with E-state index in [4.69, 9.17) is 9.72 Å². The number of benzene rings is 1. The van der Waals surface area contributed by atoms with Crippen molar-refractivity contribution in [3.8, 4) is 17.1 Å². The van der Waals surface area contributed by atoms with Crippen LogP contribution in [0.3, 0.4) is 0 Å². The quantitative estimate of drug-likeness (QED) is 0.326. The molecule has 5 rings (SSSR count). The highest BCUT2D eigenvalue weighted by Gasteiger charge is 2.23. The fourth-order valence-corrected chi connectivity index (χ4v) is 6.70. The third-order valence-electron chi connectivity index (χ3n) is 6.35. The molecule has 4 aromatic rings. The van der Waals surface area contributed by atoms with E-state index in [-0.39, 0.29) is 5.56 Å². The molecule has 0 aliphatic heterocycles. The van der Waals surface area contributed by atoms with E-state index >= 15 is 0 Å². The van der Waals surface area contributed by atoms with Crippen LogP contribution in [0.25, 0.3) is 21.6 Å². The van der Waals surface area contributed by atoms with Gasteiger partial charge in [0.2, 0.25) is 0 Å². The van der Waals surface area contributed by atoms with E-state index in [1.54, 1.807) is 30.2 Å². The number of thiophene rings is 1. The van der Waals surface area contributed by atoms with Gasteiger partial charge in [0, 0.05) is 17.0 Å². The predicted octanol–water partition coefficient (Wildman–Crippen LogP) is 5.47. The van der Waals surface area contributed by atoms with Crippen LogP contribution in [0.5, 0.6) is 5.75 Å². The van der Waals surface area contributed by atoms with Gasteiger partial charge in [-0.2, -0.15) is 0 Å². The lowest BCUT2D eigenvalue weighted by Gasteiger charge is -2.17. The third-order valence-corrected chi connectivity index (χ3v) is 8.48. The Bertz CT molecular complexity index is 1360. The second-order valence-corrected chi connectivity index (χ2v) is 10.9.